The van der Waals surface area contributed by atoms with E-state index < -0.39 is 5.60 Å². The number of ether oxygens (including phenoxy) is 1. The van der Waals surface area contributed by atoms with Gasteiger partial charge < -0.3 is 14.9 Å². The standard InChI is InChI=1S/C11H23O3SSi/c1-4-5-6-7-9(15)16-10(13)11(2,8-12)14-3/h9,12-13,15H,4-8H2,1-3H3. The van der Waals surface area contributed by atoms with Gasteiger partial charge in [0.25, 0.3) is 0 Å². The van der Waals surface area contributed by atoms with Crippen LogP contribution in [0, 0.1) is 0 Å². The molecule has 16 heavy (non-hydrogen) atoms. The van der Waals surface area contributed by atoms with Crippen molar-refractivity contribution < 1.29 is 14.9 Å². The summed E-state index contributed by atoms with van der Waals surface area (Å²) in [6.07, 6.45) is 4.51. The Labute approximate surface area is 106 Å². The van der Waals surface area contributed by atoms with Gasteiger partial charge in [-0.1, -0.05) is 26.2 Å². The predicted octanol–water partition coefficient (Wildman–Crippen LogP) is 1.43. The third kappa shape index (κ3) is 5.47. The van der Waals surface area contributed by atoms with Gasteiger partial charge >= 0.3 is 0 Å². The van der Waals surface area contributed by atoms with Crippen molar-refractivity contribution in [1.29, 1.82) is 0 Å². The Morgan fingerprint density at radius 3 is 2.56 bits per heavy atom. The molecule has 0 rings (SSSR count). The fourth-order valence-corrected chi connectivity index (χ4v) is 2.91. The second kappa shape index (κ2) is 8.28. The Morgan fingerprint density at radius 1 is 1.50 bits per heavy atom. The minimum absolute atomic E-state index is 0.160. The fraction of sp³-hybridized carbons (Fsp3) is 0.909. The minimum atomic E-state index is -0.940. The van der Waals surface area contributed by atoms with Crippen LogP contribution in [-0.4, -0.2) is 48.9 Å². The highest BCUT2D eigenvalue weighted by molar-refractivity contribution is 7.82. The molecule has 0 aliphatic heterocycles. The van der Waals surface area contributed by atoms with E-state index in [4.69, 9.17) is 9.84 Å². The van der Waals surface area contributed by atoms with Crippen molar-refractivity contribution in [3.8, 4) is 0 Å². The average molecular weight is 263 g/mol. The molecule has 0 heterocycles. The Kier molecular flexibility index (Phi) is 8.36. The highest BCUT2D eigenvalue weighted by Crippen LogP contribution is 2.11. The van der Waals surface area contributed by atoms with Crippen molar-refractivity contribution in [3.63, 3.8) is 0 Å². The molecule has 0 bridgehead atoms. The van der Waals surface area contributed by atoms with Crippen molar-refractivity contribution in [2.75, 3.05) is 13.7 Å². The normalized spacial score (nSPS) is 18.2. The molecular weight excluding hydrogens is 240 g/mol. The van der Waals surface area contributed by atoms with Crippen LogP contribution < -0.4 is 0 Å². The van der Waals surface area contributed by atoms with Gasteiger partial charge in [-0.25, -0.2) is 0 Å². The maximum Gasteiger partial charge on any atom is 0.139 e. The predicted molar refractivity (Wildman–Crippen MR) is 72.1 cm³/mol. The van der Waals surface area contributed by atoms with E-state index in [0.717, 1.165) is 12.8 Å². The maximum absolute atomic E-state index is 9.89. The largest absolute Gasteiger partial charge is 0.515 e. The Bertz CT molecular complexity index is 217. The molecule has 95 valence electrons. The lowest BCUT2D eigenvalue weighted by Crippen LogP contribution is -2.43. The van der Waals surface area contributed by atoms with Gasteiger partial charge in [0.2, 0.25) is 0 Å². The maximum atomic E-state index is 9.89. The molecule has 0 saturated carbocycles. The first kappa shape index (κ1) is 16.2. The lowest BCUT2D eigenvalue weighted by atomic mass is 10.1. The number of aliphatic hydroxyl groups is 2. The van der Waals surface area contributed by atoms with Crippen molar-refractivity contribution >= 4 is 27.1 Å². The van der Waals surface area contributed by atoms with E-state index in [1.165, 1.54) is 20.0 Å². The average Bonchev–Trinajstić information content (AvgIpc) is 2.28. The van der Waals surface area contributed by atoms with E-state index in [1.54, 1.807) is 6.92 Å². The van der Waals surface area contributed by atoms with Crippen LogP contribution in [0.3, 0.4) is 0 Å². The van der Waals surface area contributed by atoms with Crippen LogP contribution in [0.1, 0.15) is 39.5 Å². The molecule has 0 aromatic rings. The summed E-state index contributed by atoms with van der Waals surface area (Å²) < 4.78 is 5.11. The zero-order valence-electron chi connectivity index (χ0n) is 10.4. The van der Waals surface area contributed by atoms with E-state index in [2.05, 4.69) is 19.6 Å². The molecule has 0 amide bonds. The van der Waals surface area contributed by atoms with E-state index in [9.17, 15) is 5.11 Å². The smallest absolute Gasteiger partial charge is 0.139 e. The molecule has 2 unspecified atom stereocenters. The van der Waals surface area contributed by atoms with Crippen molar-refractivity contribution in [2.45, 2.75) is 50.0 Å². The summed E-state index contributed by atoms with van der Waals surface area (Å²) in [5.74, 6) is 0. The SMILES string of the molecule is CCCCCC(S)[Si]=C(O)C(C)(CO)OC. The third-order valence-electron chi connectivity index (χ3n) is 2.64. The summed E-state index contributed by atoms with van der Waals surface area (Å²) in [4.78, 5) is 0.160. The van der Waals surface area contributed by atoms with Crippen molar-refractivity contribution in [2.24, 2.45) is 0 Å². The van der Waals surface area contributed by atoms with Crippen molar-refractivity contribution in [3.05, 3.63) is 0 Å². The van der Waals surface area contributed by atoms with E-state index in [-0.39, 0.29) is 26.0 Å². The minimum Gasteiger partial charge on any atom is -0.515 e. The van der Waals surface area contributed by atoms with Gasteiger partial charge in [0, 0.05) is 12.0 Å². The van der Waals surface area contributed by atoms with Gasteiger partial charge in [0.1, 0.15) is 5.60 Å². The van der Waals surface area contributed by atoms with Gasteiger partial charge in [-0.3, -0.25) is 0 Å². The van der Waals surface area contributed by atoms with Crippen LogP contribution in [0.15, 0.2) is 0 Å². The van der Waals surface area contributed by atoms with Gasteiger partial charge in [0.05, 0.1) is 21.1 Å². The van der Waals surface area contributed by atoms with Crippen LogP contribution in [0.4, 0.5) is 0 Å². The molecule has 0 aliphatic carbocycles. The molecule has 3 nitrogen and oxygen atoms in total. The van der Waals surface area contributed by atoms with Gasteiger partial charge in [-0.2, -0.15) is 12.6 Å². The summed E-state index contributed by atoms with van der Waals surface area (Å²) in [6, 6.07) is 0. The zero-order valence-corrected chi connectivity index (χ0v) is 12.3. The summed E-state index contributed by atoms with van der Waals surface area (Å²) in [6.45, 7) is 3.63. The second-order valence-corrected chi connectivity index (χ2v) is 6.67. The van der Waals surface area contributed by atoms with Gasteiger partial charge in [-0.15, -0.1) is 0 Å². The first-order valence-electron chi connectivity index (χ1n) is 5.67. The Hall–Kier alpha value is 0.157. The monoisotopic (exact) mass is 263 g/mol. The number of rotatable bonds is 8. The van der Waals surface area contributed by atoms with Crippen LogP contribution in [0.25, 0.3) is 0 Å². The molecule has 0 saturated heterocycles. The van der Waals surface area contributed by atoms with Crippen LogP contribution in [0.2, 0.25) is 0 Å². The summed E-state index contributed by atoms with van der Waals surface area (Å²) in [7, 11) is 1.70. The molecule has 5 heteroatoms. The molecule has 1 radical (unpaired) electrons. The first-order chi connectivity index (χ1) is 7.50. The molecular formula is C11H23O3SSi. The number of thiol groups is 1. The van der Waals surface area contributed by atoms with Gasteiger partial charge in [-0.05, 0) is 13.3 Å². The Balaban J connectivity index is 4.28. The fourth-order valence-electron chi connectivity index (χ4n) is 1.21. The number of methoxy groups -OCH3 is 1. The second-order valence-electron chi connectivity index (χ2n) is 4.10. The van der Waals surface area contributed by atoms with Gasteiger partial charge in [0.15, 0.2) is 0 Å². The van der Waals surface area contributed by atoms with Crippen molar-refractivity contribution in [1.82, 2.24) is 0 Å². The highest BCUT2D eigenvalue weighted by Gasteiger charge is 2.28. The van der Waals surface area contributed by atoms with E-state index >= 15 is 0 Å². The third-order valence-corrected chi connectivity index (χ3v) is 4.71. The van der Waals surface area contributed by atoms with Crippen LogP contribution in [0.5, 0.6) is 0 Å². The molecule has 0 aromatic carbocycles. The van der Waals surface area contributed by atoms with E-state index in [1.807, 2.05) is 0 Å². The highest BCUT2D eigenvalue weighted by atomic mass is 32.1. The lowest BCUT2D eigenvalue weighted by Gasteiger charge is -2.25. The Morgan fingerprint density at radius 2 is 2.12 bits per heavy atom. The lowest BCUT2D eigenvalue weighted by molar-refractivity contribution is 0.00638. The summed E-state index contributed by atoms with van der Waals surface area (Å²) in [5.41, 5.74) is -0.940. The summed E-state index contributed by atoms with van der Waals surface area (Å²) in [5, 5.41) is 19.2. The summed E-state index contributed by atoms with van der Waals surface area (Å²) >= 11 is 4.45. The zero-order chi connectivity index (χ0) is 12.6. The molecule has 0 aromatic heterocycles. The topological polar surface area (TPSA) is 49.7 Å². The quantitative estimate of drug-likeness (QED) is 0.353. The first-order valence-corrected chi connectivity index (χ1v) is 7.26. The van der Waals surface area contributed by atoms with E-state index in [0.29, 0.717) is 0 Å². The molecule has 0 aliphatic rings. The van der Waals surface area contributed by atoms with Crippen LogP contribution in [-0.2, 0) is 4.74 Å². The number of hydrogen-bond acceptors (Lipinski definition) is 4. The van der Waals surface area contributed by atoms with Crippen LogP contribution >= 0.6 is 12.6 Å². The molecule has 0 spiro atoms. The number of aliphatic hydroxyl groups excluding tert-OH is 2. The molecule has 2 N–H and O–H groups in total. The molecule has 2 atom stereocenters. The number of unbranched alkanes of at least 4 members (excludes halogenated alkanes) is 2. The number of hydrogen-bond donors (Lipinski definition) is 3. The molecule has 0 fully saturated rings.